The first-order valence-electron chi connectivity index (χ1n) is 8.62. The Balaban J connectivity index is 2.48. The molecule has 0 aliphatic carbocycles. The second kappa shape index (κ2) is 7.33. The largest absolute Gasteiger partial charge is 0.495 e. The van der Waals surface area contributed by atoms with Gasteiger partial charge in [-0.05, 0) is 18.1 Å². The fourth-order valence-electron chi connectivity index (χ4n) is 2.13. The Morgan fingerprint density at radius 2 is 1.92 bits per heavy atom. The Hall–Kier alpha value is -0.600. The van der Waals surface area contributed by atoms with Crippen LogP contribution in [0.1, 0.15) is 5.48 Å². The fourth-order valence-corrected chi connectivity index (χ4v) is 3.11. The molecule has 1 aliphatic heterocycles. The summed E-state index contributed by atoms with van der Waals surface area (Å²) in [6, 6.07) is -2.03. The van der Waals surface area contributed by atoms with Crippen LogP contribution >= 0.6 is 45.5 Å². The second-order valence-electron chi connectivity index (χ2n) is 4.74. The fraction of sp³-hybridized carbons (Fsp3) is 0.462. The van der Waals surface area contributed by atoms with Crippen molar-refractivity contribution in [2.24, 2.45) is 0 Å². The van der Waals surface area contributed by atoms with Crippen molar-refractivity contribution in [3.05, 3.63) is 18.1 Å². The van der Waals surface area contributed by atoms with Crippen LogP contribution in [0.4, 0.5) is 5.69 Å². The predicted octanol–water partition coefficient (Wildman–Crippen LogP) is 2.64. The van der Waals surface area contributed by atoms with Crippen LogP contribution in [-0.4, -0.2) is 56.3 Å². The molecule has 2 rings (SSSR count). The first kappa shape index (κ1) is 14.6. The molecule has 11 heteroatoms. The van der Waals surface area contributed by atoms with Crippen LogP contribution in [-0.2, 0) is 13.8 Å². The topological polar surface area (TPSA) is 66.9 Å². The van der Waals surface area contributed by atoms with Gasteiger partial charge in [0.1, 0.15) is 5.75 Å². The Kier molecular flexibility index (Phi) is 4.45. The van der Waals surface area contributed by atoms with Crippen LogP contribution in [0.5, 0.6) is 5.75 Å². The van der Waals surface area contributed by atoms with E-state index in [9.17, 15) is 13.2 Å². The van der Waals surface area contributed by atoms with Crippen molar-refractivity contribution in [2.75, 3.05) is 38.2 Å². The summed E-state index contributed by atoms with van der Waals surface area (Å²) in [7, 11) is 0.245. The van der Waals surface area contributed by atoms with Crippen molar-refractivity contribution in [3.8, 4) is 5.75 Å². The van der Waals surface area contributed by atoms with Crippen molar-refractivity contribution in [2.45, 2.75) is 8.69 Å². The third-order valence-electron chi connectivity index (χ3n) is 3.25. The zero-order chi connectivity index (χ0) is 21.4. The molecule has 0 N–H and O–H groups in total. The zero-order valence-corrected chi connectivity index (χ0v) is 15.8. The van der Waals surface area contributed by atoms with Crippen molar-refractivity contribution in [1.82, 2.24) is 4.90 Å². The highest BCUT2D eigenvalue weighted by Crippen LogP contribution is 2.34. The number of carbonyl (C=O) groups excluding carboxylic acids is 1. The lowest BCUT2D eigenvalue weighted by Crippen LogP contribution is -2.51. The van der Waals surface area contributed by atoms with Crippen LogP contribution in [0.2, 0.25) is 0 Å². The number of hydrogen-bond donors (Lipinski definition) is 0. The second-order valence-corrected chi connectivity index (χ2v) is 9.53. The SMILES string of the molecule is [2H]COc1c([2H])c([2H])c(S(=O)(=O)Cl)c([2H])c1N1CCN(C(=O)C(Cl)(Cl)Cl)CC1. The summed E-state index contributed by atoms with van der Waals surface area (Å²) in [4.78, 5) is 14.0. The van der Waals surface area contributed by atoms with Crippen molar-refractivity contribution in [3.63, 3.8) is 0 Å². The number of rotatable bonds is 3. The number of ether oxygens (including phenoxy) is 1. The normalized spacial score (nSPS) is 18.5. The number of hydrogen-bond acceptors (Lipinski definition) is 5. The number of halogens is 4. The smallest absolute Gasteiger partial charge is 0.274 e. The van der Waals surface area contributed by atoms with Gasteiger partial charge in [0, 0.05) is 36.9 Å². The first-order valence-corrected chi connectivity index (χ1v) is 9.86. The Morgan fingerprint density at radius 3 is 2.42 bits per heavy atom. The van der Waals surface area contributed by atoms with Gasteiger partial charge < -0.3 is 14.5 Å². The minimum atomic E-state index is -4.49. The highest BCUT2D eigenvalue weighted by molar-refractivity contribution is 8.13. The third kappa shape index (κ3) is 4.52. The third-order valence-corrected chi connectivity index (χ3v) is 4.89. The van der Waals surface area contributed by atoms with Gasteiger partial charge in [-0.1, -0.05) is 34.8 Å². The Labute approximate surface area is 165 Å². The molecule has 1 aliphatic rings. The van der Waals surface area contributed by atoms with Gasteiger partial charge in [-0.25, -0.2) is 8.42 Å². The summed E-state index contributed by atoms with van der Waals surface area (Å²) in [5, 5.41) is 0. The summed E-state index contributed by atoms with van der Waals surface area (Å²) >= 11 is 16.8. The Morgan fingerprint density at radius 1 is 1.29 bits per heavy atom. The van der Waals surface area contributed by atoms with E-state index in [2.05, 4.69) is 0 Å². The lowest BCUT2D eigenvalue weighted by Gasteiger charge is -2.37. The summed E-state index contributed by atoms with van der Waals surface area (Å²) in [5.41, 5.74) is -0.103. The summed E-state index contributed by atoms with van der Waals surface area (Å²) in [6.07, 6.45) is 0. The average Bonchev–Trinajstić information content (AvgIpc) is 2.57. The van der Waals surface area contributed by atoms with E-state index in [1.54, 1.807) is 0 Å². The van der Waals surface area contributed by atoms with Crippen LogP contribution in [0.3, 0.4) is 0 Å². The minimum absolute atomic E-state index is 0.0887. The number of nitrogens with zero attached hydrogens (tertiary/aromatic N) is 2. The van der Waals surface area contributed by atoms with E-state index in [0.29, 0.717) is 0 Å². The highest BCUT2D eigenvalue weighted by Gasteiger charge is 2.36. The van der Waals surface area contributed by atoms with Crippen molar-refractivity contribution in [1.29, 1.82) is 0 Å². The van der Waals surface area contributed by atoms with Gasteiger partial charge in [0.15, 0.2) is 0 Å². The number of benzene rings is 1. The van der Waals surface area contributed by atoms with E-state index in [1.165, 1.54) is 9.80 Å². The molecule has 1 amide bonds. The molecular formula is C13H14Cl4N2O4S. The highest BCUT2D eigenvalue weighted by atomic mass is 35.7. The van der Waals surface area contributed by atoms with Gasteiger partial charge >= 0.3 is 0 Å². The van der Waals surface area contributed by atoms with Crippen LogP contribution < -0.4 is 9.64 Å². The first-order chi connectivity index (χ1) is 12.8. The van der Waals surface area contributed by atoms with E-state index in [0.717, 1.165) is 0 Å². The predicted molar refractivity (Wildman–Crippen MR) is 95.1 cm³/mol. The van der Waals surface area contributed by atoms with E-state index in [4.69, 9.17) is 55.7 Å². The van der Waals surface area contributed by atoms with Crippen molar-refractivity contribution >= 4 is 66.1 Å². The maximum atomic E-state index is 12.1. The number of carbonyl (C=O) groups is 1. The van der Waals surface area contributed by atoms with E-state index >= 15 is 0 Å². The van der Waals surface area contributed by atoms with Gasteiger partial charge in [-0.15, -0.1) is 0 Å². The molecule has 134 valence electrons. The zero-order valence-electron chi connectivity index (χ0n) is 16.0. The number of anilines is 1. The molecule has 0 saturated carbocycles. The molecular weight excluding hydrogens is 422 g/mol. The lowest BCUT2D eigenvalue weighted by molar-refractivity contribution is -0.130. The van der Waals surface area contributed by atoms with Crippen LogP contribution in [0, 0.1) is 0 Å². The molecule has 1 aromatic rings. The average molecular weight is 440 g/mol. The summed E-state index contributed by atoms with van der Waals surface area (Å²) < 4.78 is 58.0. The number of piperazine rings is 1. The van der Waals surface area contributed by atoms with E-state index < -0.39 is 48.9 Å². The quantitative estimate of drug-likeness (QED) is 0.534. The lowest BCUT2D eigenvalue weighted by atomic mass is 10.2. The maximum absolute atomic E-state index is 12.1. The van der Waals surface area contributed by atoms with E-state index in [1.807, 2.05) is 0 Å². The number of amides is 1. The van der Waals surface area contributed by atoms with Crippen molar-refractivity contribution < 1.29 is 23.4 Å². The molecule has 1 fully saturated rings. The molecule has 0 bridgehead atoms. The molecule has 0 radical (unpaired) electrons. The van der Waals surface area contributed by atoms with Crippen LogP contribution in [0.25, 0.3) is 0 Å². The summed E-state index contributed by atoms with van der Waals surface area (Å²) in [6.45, 7) is 0.382. The molecule has 1 heterocycles. The summed E-state index contributed by atoms with van der Waals surface area (Å²) in [5.74, 6) is -1.01. The molecule has 0 unspecified atom stereocenters. The molecule has 24 heavy (non-hydrogen) atoms. The minimum Gasteiger partial charge on any atom is -0.495 e. The van der Waals surface area contributed by atoms with Gasteiger partial charge in [0.05, 0.1) is 23.2 Å². The van der Waals surface area contributed by atoms with Gasteiger partial charge in [-0.2, -0.15) is 0 Å². The number of alkyl halides is 3. The standard InChI is InChI=1S/C13H14Cl4N2O4S/c1-23-11-3-2-9(24(17,21)22)8-10(11)18-4-6-19(7-5-18)12(20)13(14,15)16/h2-3,8H,4-7H2,1H3/i1D,2D,3D,8D. The van der Waals surface area contributed by atoms with Gasteiger partial charge in [0.25, 0.3) is 18.8 Å². The molecule has 0 aromatic heterocycles. The molecule has 6 nitrogen and oxygen atoms in total. The molecule has 0 atom stereocenters. The van der Waals surface area contributed by atoms with E-state index in [-0.39, 0.29) is 37.6 Å². The van der Waals surface area contributed by atoms with Crippen LogP contribution in [0.15, 0.2) is 23.0 Å². The number of methoxy groups -OCH3 is 1. The monoisotopic (exact) mass is 438 g/mol. The van der Waals surface area contributed by atoms with Gasteiger partial charge in [0.2, 0.25) is 0 Å². The maximum Gasteiger partial charge on any atom is 0.274 e. The van der Waals surface area contributed by atoms with Gasteiger partial charge in [-0.3, -0.25) is 4.79 Å². The Bertz CT molecular complexity index is 890. The molecule has 1 saturated heterocycles. The molecule has 0 spiro atoms. The molecule has 1 aromatic carbocycles.